The number of hydrogen-bond donors (Lipinski definition) is 3. The van der Waals surface area contributed by atoms with Crippen molar-refractivity contribution in [1.82, 2.24) is 20.4 Å². The summed E-state index contributed by atoms with van der Waals surface area (Å²) in [7, 11) is 0. The van der Waals surface area contributed by atoms with E-state index in [1.54, 1.807) is 34.1 Å². The molecular weight excluding hydrogens is 721 g/mol. The number of carbonyl (C=O) groups is 3. The summed E-state index contributed by atoms with van der Waals surface area (Å²) in [4.78, 5) is 45.8. The van der Waals surface area contributed by atoms with Crippen LogP contribution in [0.25, 0.3) is 0 Å². The molecular formula is C34H36Br2FN5O4. The number of piperidine rings is 2. The number of likely N-dealkylation sites (tertiary alicyclic amines) is 2. The first-order chi connectivity index (χ1) is 22.2. The van der Waals surface area contributed by atoms with E-state index in [-0.39, 0.29) is 47.9 Å². The van der Waals surface area contributed by atoms with Gasteiger partial charge in [-0.15, -0.1) is 0 Å². The van der Waals surface area contributed by atoms with Crippen LogP contribution in [0.1, 0.15) is 48.3 Å². The Morgan fingerprint density at radius 3 is 2.24 bits per heavy atom. The lowest BCUT2D eigenvalue weighted by atomic mass is 9.89. The van der Waals surface area contributed by atoms with Crippen molar-refractivity contribution in [1.29, 1.82) is 0 Å². The predicted octanol–water partition coefficient (Wildman–Crippen LogP) is 6.28. The van der Waals surface area contributed by atoms with Crippen molar-refractivity contribution >= 4 is 55.5 Å². The van der Waals surface area contributed by atoms with Gasteiger partial charge in [0, 0.05) is 45.2 Å². The predicted molar refractivity (Wildman–Crippen MR) is 180 cm³/mol. The van der Waals surface area contributed by atoms with E-state index in [0.717, 1.165) is 35.2 Å². The van der Waals surface area contributed by atoms with E-state index in [9.17, 15) is 23.9 Å². The highest BCUT2D eigenvalue weighted by molar-refractivity contribution is 9.11. The van der Waals surface area contributed by atoms with Gasteiger partial charge in [-0.2, -0.15) is 0 Å². The summed E-state index contributed by atoms with van der Waals surface area (Å²) >= 11 is 6.75. The fraction of sp³-hybridized carbons (Fsp3) is 0.382. The average Bonchev–Trinajstić information content (AvgIpc) is 3.07. The molecule has 3 heterocycles. The van der Waals surface area contributed by atoms with Crippen molar-refractivity contribution in [2.45, 2.75) is 56.7 Å². The highest BCUT2D eigenvalue weighted by Gasteiger charge is 2.36. The molecule has 0 radical (unpaired) electrons. The SMILES string of the molecule is O=C(N[C@H](Cc1cc(Br)c(O)c(Br)c1)C(=O)N1CCC(c2ccc(F)cc2)CC1)N1CCC(N2C(=O)NCc3ccccc32)CC1. The zero-order valence-electron chi connectivity index (χ0n) is 25.2. The van der Waals surface area contributed by atoms with Gasteiger partial charge in [-0.25, -0.2) is 14.0 Å². The van der Waals surface area contributed by atoms with Crippen LogP contribution in [0.5, 0.6) is 5.75 Å². The van der Waals surface area contributed by atoms with Crippen molar-refractivity contribution in [2.24, 2.45) is 0 Å². The number of urea groups is 2. The molecule has 0 aliphatic carbocycles. The molecule has 2 saturated heterocycles. The van der Waals surface area contributed by atoms with Crippen molar-refractivity contribution in [3.8, 4) is 5.75 Å². The molecule has 3 aromatic rings. The maximum Gasteiger partial charge on any atom is 0.322 e. The summed E-state index contributed by atoms with van der Waals surface area (Å²) in [6, 6.07) is 16.6. The Morgan fingerprint density at radius 2 is 1.57 bits per heavy atom. The highest BCUT2D eigenvalue weighted by atomic mass is 79.9. The van der Waals surface area contributed by atoms with E-state index < -0.39 is 6.04 Å². The molecule has 242 valence electrons. The molecule has 3 N–H and O–H groups in total. The van der Waals surface area contributed by atoms with E-state index in [4.69, 9.17) is 0 Å². The van der Waals surface area contributed by atoms with Gasteiger partial charge in [0.2, 0.25) is 5.91 Å². The Hall–Kier alpha value is -3.64. The third-order valence-corrected chi connectivity index (χ3v) is 10.5. The van der Waals surface area contributed by atoms with E-state index in [1.165, 1.54) is 12.1 Å². The van der Waals surface area contributed by atoms with Crippen molar-refractivity contribution < 1.29 is 23.9 Å². The minimum absolute atomic E-state index is 0.0444. The fourth-order valence-corrected chi connectivity index (χ4v) is 8.03. The van der Waals surface area contributed by atoms with Crippen LogP contribution in [-0.2, 0) is 17.8 Å². The third-order valence-electron chi connectivity index (χ3n) is 9.28. The molecule has 3 aliphatic heterocycles. The van der Waals surface area contributed by atoms with Gasteiger partial charge in [0.1, 0.15) is 17.6 Å². The number of amides is 5. The largest absolute Gasteiger partial charge is 0.506 e. The zero-order valence-corrected chi connectivity index (χ0v) is 28.4. The first-order valence-electron chi connectivity index (χ1n) is 15.6. The van der Waals surface area contributed by atoms with Crippen molar-refractivity contribution in [3.63, 3.8) is 0 Å². The first-order valence-corrected chi connectivity index (χ1v) is 17.2. The quantitative estimate of drug-likeness (QED) is 0.276. The third kappa shape index (κ3) is 7.02. The number of hydrogen-bond acceptors (Lipinski definition) is 4. The number of halogens is 3. The summed E-state index contributed by atoms with van der Waals surface area (Å²) in [6.45, 7) is 2.45. The number of rotatable bonds is 6. The molecule has 6 rings (SSSR count). The summed E-state index contributed by atoms with van der Waals surface area (Å²) < 4.78 is 14.4. The Balaban J connectivity index is 1.13. The summed E-state index contributed by atoms with van der Waals surface area (Å²) in [6.07, 6.45) is 2.95. The number of nitrogens with zero attached hydrogens (tertiary/aromatic N) is 3. The second-order valence-electron chi connectivity index (χ2n) is 12.1. The van der Waals surface area contributed by atoms with E-state index >= 15 is 0 Å². The minimum Gasteiger partial charge on any atom is -0.506 e. The average molecular weight is 757 g/mol. The molecule has 12 heteroatoms. The molecule has 46 heavy (non-hydrogen) atoms. The first kappa shape index (κ1) is 32.3. The molecule has 0 unspecified atom stereocenters. The van der Waals surface area contributed by atoms with Gasteiger partial charge in [0.05, 0.1) is 14.6 Å². The van der Waals surface area contributed by atoms with Crippen molar-refractivity contribution in [2.75, 3.05) is 31.1 Å². The van der Waals surface area contributed by atoms with Gasteiger partial charge in [-0.05, 0) is 110 Å². The van der Waals surface area contributed by atoms with Crippen LogP contribution in [0.15, 0.2) is 69.6 Å². The molecule has 0 aromatic heterocycles. The van der Waals surface area contributed by atoms with Crippen LogP contribution in [0, 0.1) is 5.82 Å². The Morgan fingerprint density at radius 1 is 0.935 bits per heavy atom. The standard InChI is InChI=1S/C34H36Br2FN5O4/c35-27-17-21(18-28(36)31(27)43)19-29(32(44)40-13-9-23(10-14-40)22-5-7-25(37)8-6-22)39-34(46)41-15-11-26(12-16-41)42-30-4-2-1-3-24(30)20-38-33(42)45/h1-8,17-18,23,26,29,43H,9-16,19-20H2,(H,38,45)(H,39,46)/t29-/m1/s1. The maximum atomic E-state index is 14.0. The summed E-state index contributed by atoms with van der Waals surface area (Å²) in [5.74, 6) is -0.139. The number of para-hydroxylation sites is 1. The Labute approximate surface area is 284 Å². The lowest BCUT2D eigenvalue weighted by Gasteiger charge is -2.41. The molecule has 3 aromatic carbocycles. The molecule has 0 saturated carbocycles. The molecule has 5 amide bonds. The van der Waals surface area contributed by atoms with Gasteiger partial charge in [-0.1, -0.05) is 30.3 Å². The number of benzene rings is 3. The van der Waals surface area contributed by atoms with Crippen LogP contribution < -0.4 is 15.5 Å². The molecule has 9 nitrogen and oxygen atoms in total. The molecule has 1 atom stereocenters. The number of aromatic hydroxyl groups is 1. The van der Waals surface area contributed by atoms with Gasteiger partial charge >= 0.3 is 12.1 Å². The lowest BCUT2D eigenvalue weighted by Crippen LogP contribution is -2.57. The van der Waals surface area contributed by atoms with E-state index in [0.29, 0.717) is 54.5 Å². The lowest BCUT2D eigenvalue weighted by molar-refractivity contribution is -0.134. The molecule has 0 spiro atoms. The number of phenolic OH excluding ortho intramolecular Hbond substituents is 1. The maximum absolute atomic E-state index is 14.0. The minimum atomic E-state index is -0.823. The smallest absolute Gasteiger partial charge is 0.322 e. The van der Waals surface area contributed by atoms with E-state index in [1.807, 2.05) is 29.2 Å². The second-order valence-corrected chi connectivity index (χ2v) is 13.8. The van der Waals surface area contributed by atoms with E-state index in [2.05, 4.69) is 42.5 Å². The number of anilines is 1. The van der Waals surface area contributed by atoms with Crippen molar-refractivity contribution in [3.05, 3.63) is 92.1 Å². The number of fused-ring (bicyclic) bond motifs is 1. The highest BCUT2D eigenvalue weighted by Crippen LogP contribution is 2.34. The van der Waals surface area contributed by atoms with Crippen LogP contribution >= 0.6 is 31.9 Å². The molecule has 0 bridgehead atoms. The Kier molecular flexibility index (Phi) is 9.84. The molecule has 2 fully saturated rings. The summed E-state index contributed by atoms with van der Waals surface area (Å²) in [5.41, 5.74) is 3.81. The van der Waals surface area contributed by atoms with Gasteiger partial charge < -0.3 is 25.5 Å². The normalized spacial score (nSPS) is 18.2. The zero-order chi connectivity index (χ0) is 32.4. The monoisotopic (exact) mass is 755 g/mol. The number of phenols is 1. The van der Waals surface area contributed by atoms with Crippen LogP contribution in [0.3, 0.4) is 0 Å². The van der Waals surface area contributed by atoms with Gasteiger partial charge in [-0.3, -0.25) is 9.69 Å². The Bertz CT molecular complexity index is 1580. The number of carbonyl (C=O) groups excluding carboxylic acids is 3. The van der Waals surface area contributed by atoms with Gasteiger partial charge in [0.25, 0.3) is 0 Å². The topological polar surface area (TPSA) is 105 Å². The second kappa shape index (κ2) is 14.0. The number of nitrogens with one attached hydrogen (secondary N) is 2. The fourth-order valence-electron chi connectivity index (χ4n) is 6.75. The van der Waals surface area contributed by atoms with Crippen LogP contribution in [0.2, 0.25) is 0 Å². The van der Waals surface area contributed by atoms with Crippen LogP contribution in [-0.4, -0.2) is 71.1 Å². The van der Waals surface area contributed by atoms with Crippen LogP contribution in [0.4, 0.5) is 19.7 Å². The van der Waals surface area contributed by atoms with Gasteiger partial charge in [0.15, 0.2) is 0 Å². The summed E-state index contributed by atoms with van der Waals surface area (Å²) in [5, 5.41) is 16.2. The molecule has 3 aliphatic rings.